The Balaban J connectivity index is 1.77. The third-order valence-electron chi connectivity index (χ3n) is 5.12. The number of hydrogen-bond acceptors (Lipinski definition) is 4. The van der Waals surface area contributed by atoms with Gasteiger partial charge in [0.2, 0.25) is 5.91 Å². The Hall–Kier alpha value is -4.07. The molecular formula is C24H21FN2O5. The third kappa shape index (κ3) is 4.97. The normalized spacial score (nSPS) is 10.6. The topological polar surface area (TPSA) is 110 Å². The number of aromatic carboxylic acids is 1. The first-order valence-corrected chi connectivity index (χ1v) is 9.99. The molecule has 0 radical (unpaired) electrons. The van der Waals surface area contributed by atoms with Crippen molar-refractivity contribution in [2.45, 2.75) is 26.2 Å². The minimum Gasteiger partial charge on any atom is -0.478 e. The number of halogens is 1. The van der Waals surface area contributed by atoms with E-state index in [2.05, 4.69) is 5.32 Å². The van der Waals surface area contributed by atoms with Gasteiger partial charge in [-0.3, -0.25) is 14.9 Å². The maximum Gasteiger partial charge on any atom is 0.336 e. The molecule has 0 aromatic heterocycles. The van der Waals surface area contributed by atoms with E-state index < -0.39 is 28.3 Å². The summed E-state index contributed by atoms with van der Waals surface area (Å²) in [5.74, 6) is -2.27. The van der Waals surface area contributed by atoms with Crippen LogP contribution < -0.4 is 5.32 Å². The van der Waals surface area contributed by atoms with Gasteiger partial charge in [-0.15, -0.1) is 0 Å². The second kappa shape index (κ2) is 9.82. The van der Waals surface area contributed by atoms with Gasteiger partial charge in [0, 0.05) is 12.5 Å². The summed E-state index contributed by atoms with van der Waals surface area (Å²) in [7, 11) is 0. The van der Waals surface area contributed by atoms with Crippen molar-refractivity contribution in [1.82, 2.24) is 0 Å². The van der Waals surface area contributed by atoms with E-state index in [1.165, 1.54) is 6.07 Å². The van der Waals surface area contributed by atoms with Crippen LogP contribution in [0, 0.1) is 15.9 Å². The minimum absolute atomic E-state index is 0.0839. The van der Waals surface area contributed by atoms with E-state index in [0.29, 0.717) is 11.1 Å². The molecule has 32 heavy (non-hydrogen) atoms. The Morgan fingerprint density at radius 3 is 2.38 bits per heavy atom. The van der Waals surface area contributed by atoms with Gasteiger partial charge in [0.25, 0.3) is 5.69 Å². The Bertz CT molecular complexity index is 1180. The van der Waals surface area contributed by atoms with Gasteiger partial charge < -0.3 is 10.4 Å². The fourth-order valence-electron chi connectivity index (χ4n) is 3.51. The van der Waals surface area contributed by atoms with Crippen molar-refractivity contribution in [2.24, 2.45) is 0 Å². The standard InChI is InChI=1S/C24H21FN2O5/c1-2-18-19(24(29)30)11-12-21(27(31)32)23(18)26-22(28)13-10-16-8-9-17(14-20(16)25)15-6-4-3-5-7-15/h3-9,11-12,14H,2,10,13H2,1H3,(H,26,28)(H,29,30). The Morgan fingerprint density at radius 1 is 1.06 bits per heavy atom. The third-order valence-corrected chi connectivity index (χ3v) is 5.12. The van der Waals surface area contributed by atoms with Crippen LogP contribution >= 0.6 is 0 Å². The molecule has 0 saturated heterocycles. The van der Waals surface area contributed by atoms with Crippen LogP contribution in [0.2, 0.25) is 0 Å². The number of anilines is 1. The molecule has 3 rings (SSSR count). The summed E-state index contributed by atoms with van der Waals surface area (Å²) >= 11 is 0. The van der Waals surface area contributed by atoms with Crippen LogP contribution in [-0.2, 0) is 17.6 Å². The number of nitrogens with one attached hydrogen (secondary N) is 1. The summed E-state index contributed by atoms with van der Waals surface area (Å²) in [6, 6.07) is 16.3. The van der Waals surface area contributed by atoms with E-state index in [0.717, 1.165) is 17.7 Å². The van der Waals surface area contributed by atoms with Crippen LogP contribution in [0.15, 0.2) is 60.7 Å². The monoisotopic (exact) mass is 436 g/mol. The SMILES string of the molecule is CCc1c(C(=O)O)ccc([N+](=O)[O-])c1NC(=O)CCc1ccc(-c2ccccc2)cc1F. The van der Waals surface area contributed by atoms with Gasteiger partial charge in [-0.25, -0.2) is 9.18 Å². The highest BCUT2D eigenvalue weighted by atomic mass is 19.1. The van der Waals surface area contributed by atoms with Gasteiger partial charge in [-0.05, 0) is 47.2 Å². The first-order chi connectivity index (χ1) is 15.3. The lowest BCUT2D eigenvalue weighted by Crippen LogP contribution is -2.17. The number of hydrogen-bond donors (Lipinski definition) is 2. The second-order valence-corrected chi connectivity index (χ2v) is 7.12. The molecule has 2 N–H and O–H groups in total. The van der Waals surface area contributed by atoms with Crippen molar-refractivity contribution < 1.29 is 24.0 Å². The summed E-state index contributed by atoms with van der Waals surface area (Å²) in [4.78, 5) is 34.7. The predicted molar refractivity (Wildman–Crippen MR) is 118 cm³/mol. The van der Waals surface area contributed by atoms with Crippen molar-refractivity contribution in [3.05, 3.63) is 93.3 Å². The Kier molecular flexibility index (Phi) is 6.94. The molecule has 8 heteroatoms. The van der Waals surface area contributed by atoms with Crippen LogP contribution in [0.3, 0.4) is 0 Å². The molecule has 0 unspecified atom stereocenters. The number of carboxylic acid groups (broad SMARTS) is 1. The number of benzene rings is 3. The average Bonchev–Trinajstić information content (AvgIpc) is 2.78. The average molecular weight is 436 g/mol. The summed E-state index contributed by atoms with van der Waals surface area (Å²) in [6.07, 6.45) is 0.133. The summed E-state index contributed by atoms with van der Waals surface area (Å²) in [5.41, 5.74) is 1.44. The molecule has 0 fully saturated rings. The van der Waals surface area contributed by atoms with Crippen LogP contribution in [0.4, 0.5) is 15.8 Å². The summed E-state index contributed by atoms with van der Waals surface area (Å²) in [6.45, 7) is 1.64. The van der Waals surface area contributed by atoms with Gasteiger partial charge in [-0.1, -0.05) is 49.4 Å². The molecule has 7 nitrogen and oxygen atoms in total. The second-order valence-electron chi connectivity index (χ2n) is 7.12. The zero-order chi connectivity index (χ0) is 23.3. The summed E-state index contributed by atoms with van der Waals surface area (Å²) in [5, 5.41) is 23.2. The molecule has 164 valence electrons. The first-order valence-electron chi connectivity index (χ1n) is 9.99. The predicted octanol–water partition coefficient (Wildman–Crippen LogP) is 5.23. The molecule has 0 saturated carbocycles. The number of nitro groups is 1. The van der Waals surface area contributed by atoms with Gasteiger partial charge >= 0.3 is 5.97 Å². The van der Waals surface area contributed by atoms with E-state index in [4.69, 9.17) is 0 Å². The van der Waals surface area contributed by atoms with Gasteiger partial charge in [0.05, 0.1) is 10.5 Å². The smallest absolute Gasteiger partial charge is 0.336 e. The van der Waals surface area contributed by atoms with E-state index in [-0.39, 0.29) is 36.1 Å². The van der Waals surface area contributed by atoms with E-state index >= 15 is 0 Å². The zero-order valence-electron chi connectivity index (χ0n) is 17.3. The maximum absolute atomic E-state index is 14.6. The molecule has 0 bridgehead atoms. The number of rotatable bonds is 8. The minimum atomic E-state index is -1.24. The van der Waals surface area contributed by atoms with Crippen LogP contribution in [0.25, 0.3) is 11.1 Å². The van der Waals surface area contributed by atoms with Crippen LogP contribution in [0.1, 0.15) is 34.8 Å². The lowest BCUT2D eigenvalue weighted by Gasteiger charge is -2.13. The number of nitro benzene ring substituents is 1. The molecule has 0 aliphatic rings. The number of carbonyl (C=O) groups is 2. The van der Waals surface area contributed by atoms with Crippen molar-refractivity contribution in [3.63, 3.8) is 0 Å². The van der Waals surface area contributed by atoms with Crippen molar-refractivity contribution >= 4 is 23.3 Å². The number of nitrogens with zero attached hydrogens (tertiary/aromatic N) is 1. The van der Waals surface area contributed by atoms with E-state index in [9.17, 15) is 29.2 Å². The number of amides is 1. The maximum atomic E-state index is 14.6. The first kappa shape index (κ1) is 22.6. The Morgan fingerprint density at radius 2 is 1.78 bits per heavy atom. The van der Waals surface area contributed by atoms with Gasteiger partial charge in [0.1, 0.15) is 11.5 Å². The molecule has 0 aliphatic carbocycles. The van der Waals surface area contributed by atoms with E-state index in [1.54, 1.807) is 19.1 Å². The molecule has 0 spiro atoms. The fourth-order valence-corrected chi connectivity index (χ4v) is 3.51. The highest BCUT2D eigenvalue weighted by Gasteiger charge is 2.24. The molecule has 0 atom stereocenters. The zero-order valence-corrected chi connectivity index (χ0v) is 17.3. The molecule has 3 aromatic rings. The molecule has 1 amide bonds. The molecule has 0 aliphatic heterocycles. The highest BCUT2D eigenvalue weighted by Crippen LogP contribution is 2.32. The largest absolute Gasteiger partial charge is 0.478 e. The van der Waals surface area contributed by atoms with Crippen LogP contribution in [0.5, 0.6) is 0 Å². The quantitative estimate of drug-likeness (QED) is 0.371. The van der Waals surface area contributed by atoms with Crippen molar-refractivity contribution in [1.29, 1.82) is 0 Å². The molecule has 0 heterocycles. The Labute approximate surface area is 183 Å². The van der Waals surface area contributed by atoms with E-state index in [1.807, 2.05) is 30.3 Å². The van der Waals surface area contributed by atoms with Gasteiger partial charge in [-0.2, -0.15) is 0 Å². The summed E-state index contributed by atoms with van der Waals surface area (Å²) < 4.78 is 14.6. The highest BCUT2D eigenvalue weighted by molar-refractivity contribution is 5.98. The van der Waals surface area contributed by atoms with Crippen molar-refractivity contribution in [3.8, 4) is 11.1 Å². The number of carboxylic acids is 1. The molecule has 3 aromatic carbocycles. The molecular weight excluding hydrogens is 415 g/mol. The number of carbonyl (C=O) groups excluding carboxylic acids is 1. The lowest BCUT2D eigenvalue weighted by atomic mass is 10.00. The fraction of sp³-hybridized carbons (Fsp3) is 0.167. The lowest BCUT2D eigenvalue weighted by molar-refractivity contribution is -0.384. The van der Waals surface area contributed by atoms with Gasteiger partial charge in [0.15, 0.2) is 0 Å². The number of aryl methyl sites for hydroxylation is 1. The van der Waals surface area contributed by atoms with Crippen molar-refractivity contribution in [2.75, 3.05) is 5.32 Å². The van der Waals surface area contributed by atoms with Crippen LogP contribution in [-0.4, -0.2) is 21.9 Å².